The Balaban J connectivity index is 2.72. The molecule has 0 bridgehead atoms. The molecule has 0 fully saturated rings. The lowest BCUT2D eigenvalue weighted by Gasteiger charge is -1.96. The van der Waals surface area contributed by atoms with E-state index in [1.807, 2.05) is 0 Å². The van der Waals surface area contributed by atoms with E-state index in [1.54, 1.807) is 18.2 Å². The number of rotatable bonds is 3. The standard InChI is InChI=1S/C9H8ClFO2S/c10-14(12,13)7-3-5-8-4-1-2-6-9(8)11/h1-4,6-7H,5H2/b7-3-. The third-order valence-electron chi connectivity index (χ3n) is 1.55. The van der Waals surface area contributed by atoms with E-state index in [-0.39, 0.29) is 12.2 Å². The molecule has 0 aliphatic rings. The van der Waals surface area contributed by atoms with Crippen LogP contribution in [0.15, 0.2) is 35.7 Å². The van der Waals surface area contributed by atoms with Crippen molar-refractivity contribution in [3.8, 4) is 0 Å². The highest BCUT2D eigenvalue weighted by Crippen LogP contribution is 2.08. The fourth-order valence-electron chi connectivity index (χ4n) is 0.954. The molecule has 0 unspecified atom stereocenters. The molecule has 0 aromatic heterocycles. The predicted octanol–water partition coefficient (Wildman–Crippen LogP) is 2.45. The molecule has 0 atom stereocenters. The molecule has 1 aromatic carbocycles. The topological polar surface area (TPSA) is 34.1 Å². The Labute approximate surface area is 86.4 Å². The van der Waals surface area contributed by atoms with Crippen molar-refractivity contribution in [3.05, 3.63) is 47.1 Å². The zero-order chi connectivity index (χ0) is 10.6. The van der Waals surface area contributed by atoms with Crippen LogP contribution in [0.4, 0.5) is 4.39 Å². The minimum atomic E-state index is -3.64. The predicted molar refractivity (Wildman–Crippen MR) is 54.0 cm³/mol. The second-order valence-electron chi connectivity index (χ2n) is 2.64. The van der Waals surface area contributed by atoms with Gasteiger partial charge in [-0.25, -0.2) is 12.8 Å². The summed E-state index contributed by atoms with van der Waals surface area (Å²) >= 11 is 0. The first kappa shape index (κ1) is 11.2. The van der Waals surface area contributed by atoms with Crippen LogP contribution in [0.1, 0.15) is 5.56 Å². The van der Waals surface area contributed by atoms with Crippen molar-refractivity contribution < 1.29 is 12.8 Å². The molecule has 0 saturated carbocycles. The maximum Gasteiger partial charge on any atom is 0.254 e. The van der Waals surface area contributed by atoms with Gasteiger partial charge in [-0.05, 0) is 18.1 Å². The van der Waals surface area contributed by atoms with Crippen molar-refractivity contribution in [2.24, 2.45) is 0 Å². The van der Waals surface area contributed by atoms with Crippen LogP contribution in [0.25, 0.3) is 0 Å². The van der Waals surface area contributed by atoms with Gasteiger partial charge in [-0.2, -0.15) is 0 Å². The largest absolute Gasteiger partial charge is 0.254 e. The lowest BCUT2D eigenvalue weighted by molar-refractivity contribution is 0.613. The van der Waals surface area contributed by atoms with Crippen molar-refractivity contribution in [1.29, 1.82) is 0 Å². The van der Waals surface area contributed by atoms with E-state index in [0.29, 0.717) is 5.56 Å². The second-order valence-corrected chi connectivity index (χ2v) is 5.16. The summed E-state index contributed by atoms with van der Waals surface area (Å²) in [6.07, 6.45) is 1.51. The highest BCUT2D eigenvalue weighted by molar-refractivity contribution is 8.16. The minimum Gasteiger partial charge on any atom is -0.208 e. The average molecular weight is 235 g/mol. The van der Waals surface area contributed by atoms with Gasteiger partial charge in [0.25, 0.3) is 9.05 Å². The molecule has 5 heteroatoms. The number of hydrogen-bond donors (Lipinski definition) is 0. The molecule has 0 amide bonds. The van der Waals surface area contributed by atoms with Crippen molar-refractivity contribution in [1.82, 2.24) is 0 Å². The summed E-state index contributed by atoms with van der Waals surface area (Å²) in [5.74, 6) is -0.357. The van der Waals surface area contributed by atoms with E-state index < -0.39 is 9.05 Å². The molecule has 1 rings (SSSR count). The van der Waals surface area contributed by atoms with Crippen molar-refractivity contribution in [2.45, 2.75) is 6.42 Å². The van der Waals surface area contributed by atoms with Gasteiger partial charge in [-0.3, -0.25) is 0 Å². The van der Waals surface area contributed by atoms with Crippen molar-refractivity contribution >= 4 is 19.7 Å². The number of allylic oxidation sites excluding steroid dienone is 1. The van der Waals surface area contributed by atoms with E-state index >= 15 is 0 Å². The Hall–Kier alpha value is -0.870. The molecule has 14 heavy (non-hydrogen) atoms. The lowest BCUT2D eigenvalue weighted by atomic mass is 10.1. The fraction of sp³-hybridized carbons (Fsp3) is 0.111. The quantitative estimate of drug-likeness (QED) is 0.753. The van der Waals surface area contributed by atoms with Crippen LogP contribution < -0.4 is 0 Å². The van der Waals surface area contributed by atoms with Crippen LogP contribution in [0.2, 0.25) is 0 Å². The maximum absolute atomic E-state index is 13.0. The lowest BCUT2D eigenvalue weighted by Crippen LogP contribution is -1.87. The first-order chi connectivity index (χ1) is 6.49. The van der Waals surface area contributed by atoms with Gasteiger partial charge in [-0.1, -0.05) is 24.3 Å². The fourth-order valence-corrected chi connectivity index (χ4v) is 1.50. The zero-order valence-electron chi connectivity index (χ0n) is 7.15. The smallest absolute Gasteiger partial charge is 0.208 e. The molecule has 0 spiro atoms. The summed E-state index contributed by atoms with van der Waals surface area (Å²) in [7, 11) is 1.29. The minimum absolute atomic E-state index is 0.207. The third-order valence-corrected chi connectivity index (χ3v) is 2.38. The Morgan fingerprint density at radius 3 is 2.57 bits per heavy atom. The molecule has 0 N–H and O–H groups in total. The maximum atomic E-state index is 13.0. The van der Waals surface area contributed by atoms with Gasteiger partial charge in [0.2, 0.25) is 0 Å². The van der Waals surface area contributed by atoms with Gasteiger partial charge < -0.3 is 0 Å². The molecule has 0 aliphatic carbocycles. The highest BCUT2D eigenvalue weighted by atomic mass is 35.7. The molecular formula is C9H8ClFO2S. The van der Waals surface area contributed by atoms with Crippen LogP contribution >= 0.6 is 10.7 Å². The summed E-state index contributed by atoms with van der Waals surface area (Å²) in [4.78, 5) is 0. The van der Waals surface area contributed by atoms with Crippen LogP contribution in [-0.4, -0.2) is 8.42 Å². The third kappa shape index (κ3) is 3.89. The summed E-state index contributed by atoms with van der Waals surface area (Å²) < 4.78 is 34.0. The monoisotopic (exact) mass is 234 g/mol. The Kier molecular flexibility index (Phi) is 3.66. The van der Waals surface area contributed by atoms with E-state index in [4.69, 9.17) is 10.7 Å². The van der Waals surface area contributed by atoms with Gasteiger partial charge in [0, 0.05) is 16.1 Å². The summed E-state index contributed by atoms with van der Waals surface area (Å²) in [6, 6.07) is 6.15. The Morgan fingerprint density at radius 2 is 2.00 bits per heavy atom. The SMILES string of the molecule is O=S(=O)(Cl)/C=C\Cc1ccccc1F. The molecule has 76 valence electrons. The van der Waals surface area contributed by atoms with Gasteiger partial charge >= 0.3 is 0 Å². The van der Waals surface area contributed by atoms with E-state index in [0.717, 1.165) is 5.41 Å². The normalized spacial score (nSPS) is 12.1. The summed E-state index contributed by atoms with van der Waals surface area (Å²) in [6.45, 7) is 0. The van der Waals surface area contributed by atoms with Crippen LogP contribution in [0.5, 0.6) is 0 Å². The number of benzene rings is 1. The average Bonchev–Trinajstić information content (AvgIpc) is 2.06. The Bertz CT molecular complexity index is 440. The summed E-state index contributed by atoms with van der Waals surface area (Å²) in [5, 5.41) is 0.848. The van der Waals surface area contributed by atoms with Gasteiger partial charge in [-0.15, -0.1) is 0 Å². The van der Waals surface area contributed by atoms with Crippen molar-refractivity contribution in [2.75, 3.05) is 0 Å². The van der Waals surface area contributed by atoms with Gasteiger partial charge in [0.15, 0.2) is 0 Å². The first-order valence-electron chi connectivity index (χ1n) is 3.83. The molecule has 0 aliphatic heterocycles. The molecule has 2 nitrogen and oxygen atoms in total. The molecule has 0 radical (unpaired) electrons. The second kappa shape index (κ2) is 4.57. The molecule has 0 saturated heterocycles. The highest BCUT2D eigenvalue weighted by Gasteiger charge is 1.99. The van der Waals surface area contributed by atoms with Gasteiger partial charge in [0.05, 0.1) is 0 Å². The van der Waals surface area contributed by atoms with Crippen LogP contribution in [-0.2, 0) is 15.5 Å². The van der Waals surface area contributed by atoms with Crippen LogP contribution in [0.3, 0.4) is 0 Å². The number of hydrogen-bond acceptors (Lipinski definition) is 2. The Morgan fingerprint density at radius 1 is 1.36 bits per heavy atom. The molecule has 1 aromatic rings. The van der Waals surface area contributed by atoms with Crippen LogP contribution in [0, 0.1) is 5.82 Å². The zero-order valence-corrected chi connectivity index (χ0v) is 8.72. The van der Waals surface area contributed by atoms with E-state index in [1.165, 1.54) is 12.1 Å². The first-order valence-corrected chi connectivity index (χ1v) is 6.21. The van der Waals surface area contributed by atoms with E-state index in [9.17, 15) is 12.8 Å². The van der Waals surface area contributed by atoms with Gasteiger partial charge in [0.1, 0.15) is 5.82 Å². The molecule has 0 heterocycles. The van der Waals surface area contributed by atoms with Crippen molar-refractivity contribution in [3.63, 3.8) is 0 Å². The number of halogens is 2. The summed E-state index contributed by atoms with van der Waals surface area (Å²) in [5.41, 5.74) is 0.434. The van der Waals surface area contributed by atoms with E-state index in [2.05, 4.69) is 0 Å². The molecular weight excluding hydrogens is 227 g/mol.